The molecular weight excluding hydrogens is 747 g/mol. The molecule has 10 aromatic carbocycles. The molecule has 0 fully saturated rings. The van der Waals surface area contributed by atoms with E-state index in [0.29, 0.717) is 0 Å². The molecule has 1 aliphatic heterocycles. The SMILES string of the molecule is Cc1ccc(-c2ccccc2)cc1N1c2cc3ccccc3cc2Bc2c(-c3cc4ccccc4cc3Nc3ccc(-c4ccc(C(C)(C)C)cc4)cc3)cc3ccccc3c21. The Morgan fingerprint density at radius 3 is 1.69 bits per heavy atom. The molecule has 1 aliphatic rings. The highest BCUT2D eigenvalue weighted by atomic mass is 15.2. The molecule has 0 aliphatic carbocycles. The molecule has 10 aromatic rings. The molecule has 0 radical (unpaired) electrons. The van der Waals surface area contributed by atoms with Crippen molar-refractivity contribution in [3.8, 4) is 33.4 Å². The zero-order valence-corrected chi connectivity index (χ0v) is 35.7. The van der Waals surface area contributed by atoms with E-state index in [-0.39, 0.29) is 5.41 Å². The summed E-state index contributed by atoms with van der Waals surface area (Å²) in [6, 6.07) is 74.1. The fraction of sp³-hybridized carbons (Fsp3) is 0.0847. The number of aryl methyl sites for hydroxylation is 1. The van der Waals surface area contributed by atoms with Crippen molar-refractivity contribution in [1.82, 2.24) is 0 Å². The third-order valence-electron chi connectivity index (χ3n) is 12.9. The third kappa shape index (κ3) is 6.71. The first-order chi connectivity index (χ1) is 30.2. The van der Waals surface area contributed by atoms with E-state index >= 15 is 0 Å². The normalized spacial score (nSPS) is 12.3. The molecule has 0 spiro atoms. The molecule has 0 saturated carbocycles. The van der Waals surface area contributed by atoms with E-state index in [0.717, 1.165) is 18.7 Å². The van der Waals surface area contributed by atoms with Crippen LogP contribution < -0.4 is 21.1 Å². The fourth-order valence-corrected chi connectivity index (χ4v) is 9.52. The van der Waals surface area contributed by atoms with Crippen molar-refractivity contribution in [2.45, 2.75) is 33.1 Å². The second-order valence-electron chi connectivity index (χ2n) is 18.0. The average Bonchev–Trinajstić information content (AvgIpc) is 3.30. The van der Waals surface area contributed by atoms with Crippen molar-refractivity contribution in [3.05, 3.63) is 211 Å². The maximum absolute atomic E-state index is 3.93. The van der Waals surface area contributed by atoms with Gasteiger partial charge in [0.25, 0.3) is 0 Å². The molecule has 62 heavy (non-hydrogen) atoms. The lowest BCUT2D eigenvalue weighted by Gasteiger charge is -2.37. The van der Waals surface area contributed by atoms with Gasteiger partial charge in [0.15, 0.2) is 7.28 Å². The summed E-state index contributed by atoms with van der Waals surface area (Å²) in [7, 11) is 0.804. The predicted octanol–water partition coefficient (Wildman–Crippen LogP) is 14.7. The van der Waals surface area contributed by atoms with Crippen molar-refractivity contribution in [2.75, 3.05) is 10.2 Å². The minimum atomic E-state index is 0.122. The van der Waals surface area contributed by atoms with E-state index in [2.05, 4.69) is 238 Å². The number of nitrogens with one attached hydrogen (secondary N) is 1. The fourth-order valence-electron chi connectivity index (χ4n) is 9.52. The lowest BCUT2D eigenvalue weighted by Crippen LogP contribution is -2.41. The zero-order chi connectivity index (χ0) is 42.0. The molecule has 3 heteroatoms. The minimum Gasteiger partial charge on any atom is -0.355 e. The van der Waals surface area contributed by atoms with Crippen molar-refractivity contribution in [3.63, 3.8) is 0 Å². The Balaban J connectivity index is 1.11. The highest BCUT2D eigenvalue weighted by Gasteiger charge is 2.31. The quantitative estimate of drug-likeness (QED) is 0.169. The average molecular weight is 795 g/mol. The van der Waals surface area contributed by atoms with Gasteiger partial charge in [-0.05, 0) is 126 Å². The van der Waals surface area contributed by atoms with Crippen LogP contribution in [0.15, 0.2) is 200 Å². The van der Waals surface area contributed by atoms with Crippen LogP contribution in [0.25, 0.3) is 65.7 Å². The van der Waals surface area contributed by atoms with Gasteiger partial charge in [-0.25, -0.2) is 0 Å². The molecule has 0 aromatic heterocycles. The maximum Gasteiger partial charge on any atom is 0.198 e. The maximum atomic E-state index is 3.93. The van der Waals surface area contributed by atoms with Crippen molar-refractivity contribution >= 4 is 79.0 Å². The van der Waals surface area contributed by atoms with Gasteiger partial charge in [-0.1, -0.05) is 184 Å². The molecule has 2 nitrogen and oxygen atoms in total. The number of hydrogen-bond acceptors (Lipinski definition) is 2. The lowest BCUT2D eigenvalue weighted by atomic mass is 9.57. The summed E-state index contributed by atoms with van der Waals surface area (Å²) >= 11 is 0. The Hall–Kier alpha value is -7.36. The highest BCUT2D eigenvalue weighted by Crippen LogP contribution is 2.46. The van der Waals surface area contributed by atoms with Crippen molar-refractivity contribution in [2.24, 2.45) is 0 Å². The molecule has 0 atom stereocenters. The molecule has 1 N–H and O–H groups in total. The molecule has 0 amide bonds. The van der Waals surface area contributed by atoms with Crippen LogP contribution in [-0.4, -0.2) is 7.28 Å². The second kappa shape index (κ2) is 15.0. The first-order valence-corrected chi connectivity index (χ1v) is 21.8. The van der Waals surface area contributed by atoms with E-state index < -0.39 is 0 Å². The summed E-state index contributed by atoms with van der Waals surface area (Å²) in [5.74, 6) is 0. The van der Waals surface area contributed by atoms with Gasteiger partial charge in [-0.15, -0.1) is 0 Å². The van der Waals surface area contributed by atoms with Crippen LogP contribution >= 0.6 is 0 Å². The van der Waals surface area contributed by atoms with E-state index in [1.807, 2.05) is 0 Å². The van der Waals surface area contributed by atoms with Gasteiger partial charge in [0.1, 0.15) is 0 Å². The van der Waals surface area contributed by atoms with Gasteiger partial charge in [-0.3, -0.25) is 0 Å². The van der Waals surface area contributed by atoms with E-state index in [9.17, 15) is 0 Å². The molecule has 0 unspecified atom stereocenters. The largest absolute Gasteiger partial charge is 0.355 e. The first kappa shape index (κ1) is 37.6. The van der Waals surface area contributed by atoms with Gasteiger partial charge in [-0.2, -0.15) is 0 Å². The van der Waals surface area contributed by atoms with Gasteiger partial charge in [0.05, 0.1) is 0 Å². The number of rotatable bonds is 6. The smallest absolute Gasteiger partial charge is 0.198 e. The topological polar surface area (TPSA) is 15.3 Å². The van der Waals surface area contributed by atoms with E-state index in [1.165, 1.54) is 105 Å². The second-order valence-corrected chi connectivity index (χ2v) is 18.0. The van der Waals surface area contributed by atoms with Crippen LogP contribution in [0.2, 0.25) is 0 Å². The van der Waals surface area contributed by atoms with Crippen LogP contribution in [0.4, 0.5) is 28.4 Å². The minimum absolute atomic E-state index is 0.122. The summed E-state index contributed by atoms with van der Waals surface area (Å²) in [6.07, 6.45) is 0. The number of hydrogen-bond donors (Lipinski definition) is 1. The number of anilines is 5. The predicted molar refractivity (Wildman–Crippen MR) is 270 cm³/mol. The number of fused-ring (bicyclic) bond motifs is 6. The summed E-state index contributed by atoms with van der Waals surface area (Å²) in [6.45, 7) is 9.04. The Bertz CT molecular complexity index is 3320. The molecule has 296 valence electrons. The third-order valence-corrected chi connectivity index (χ3v) is 12.9. The van der Waals surface area contributed by atoms with E-state index in [1.54, 1.807) is 0 Å². The summed E-state index contributed by atoms with van der Waals surface area (Å²) in [4.78, 5) is 2.58. The summed E-state index contributed by atoms with van der Waals surface area (Å²) in [5.41, 5.74) is 18.4. The van der Waals surface area contributed by atoms with Crippen LogP contribution in [0.3, 0.4) is 0 Å². The number of nitrogens with zero attached hydrogens (tertiary/aromatic N) is 1. The summed E-state index contributed by atoms with van der Waals surface area (Å²) in [5, 5.41) is 11.3. The van der Waals surface area contributed by atoms with E-state index in [4.69, 9.17) is 0 Å². The first-order valence-electron chi connectivity index (χ1n) is 21.8. The molecule has 11 rings (SSSR count). The zero-order valence-electron chi connectivity index (χ0n) is 35.7. The Morgan fingerprint density at radius 1 is 0.452 bits per heavy atom. The Kier molecular flexibility index (Phi) is 9.09. The van der Waals surface area contributed by atoms with Crippen molar-refractivity contribution in [1.29, 1.82) is 0 Å². The van der Waals surface area contributed by atoms with Gasteiger partial charge < -0.3 is 10.2 Å². The highest BCUT2D eigenvalue weighted by molar-refractivity contribution is 6.74. The monoisotopic (exact) mass is 794 g/mol. The van der Waals surface area contributed by atoms with Gasteiger partial charge in [0, 0.05) is 39.4 Å². The van der Waals surface area contributed by atoms with Crippen molar-refractivity contribution < 1.29 is 0 Å². The van der Waals surface area contributed by atoms with Gasteiger partial charge >= 0.3 is 0 Å². The van der Waals surface area contributed by atoms with Crippen LogP contribution in [0.1, 0.15) is 31.9 Å². The number of benzene rings is 10. The van der Waals surface area contributed by atoms with Crippen LogP contribution in [-0.2, 0) is 5.41 Å². The molecule has 0 saturated heterocycles. The molecular formula is C59H47BN2. The Morgan fingerprint density at radius 2 is 1.00 bits per heavy atom. The van der Waals surface area contributed by atoms with Crippen LogP contribution in [0, 0.1) is 6.92 Å². The lowest BCUT2D eigenvalue weighted by molar-refractivity contribution is 0.590. The Labute approximate surface area is 365 Å². The van der Waals surface area contributed by atoms with Gasteiger partial charge in [0.2, 0.25) is 0 Å². The summed E-state index contributed by atoms with van der Waals surface area (Å²) < 4.78 is 0. The standard InChI is InChI=1S/C59H47BN2/c1-38-22-23-46(39-14-6-5-7-15-39)36-55(38)62-56-37-45-19-11-9-17-43(45)34-53(56)60-57-52(33-47-20-12-13-21-50(47)58(57)62)51-32-42-16-8-10-18-44(42)35-54(51)61-49-30-26-41(27-31-49)40-24-28-48(29-25-40)59(2,3)4/h5-37,60-61H,1-4H3. The molecule has 1 heterocycles. The van der Waals surface area contributed by atoms with Crippen LogP contribution in [0.5, 0.6) is 0 Å². The molecule has 0 bridgehead atoms.